The van der Waals surface area contributed by atoms with Crippen LogP contribution in [0.25, 0.3) is 0 Å². The van der Waals surface area contributed by atoms with Crippen molar-refractivity contribution in [2.75, 3.05) is 20.2 Å². The number of likely N-dealkylation sites (tertiary alicyclic amines) is 1. The molecule has 0 spiro atoms. The normalized spacial score (nSPS) is 21.1. The van der Waals surface area contributed by atoms with Crippen LogP contribution >= 0.6 is 11.6 Å². The number of methoxy groups -OCH3 is 1. The number of alkyl halides is 1. The molecule has 2 atom stereocenters. The Morgan fingerprint density at radius 1 is 1.35 bits per heavy atom. The van der Waals surface area contributed by atoms with Crippen molar-refractivity contribution in [3.05, 3.63) is 29.8 Å². The molecule has 20 heavy (non-hydrogen) atoms. The first-order valence-electron chi connectivity index (χ1n) is 7.18. The van der Waals surface area contributed by atoms with Crippen LogP contribution in [-0.2, 0) is 4.79 Å². The number of benzene rings is 1. The van der Waals surface area contributed by atoms with Crippen molar-refractivity contribution in [1.82, 2.24) is 4.90 Å². The maximum atomic E-state index is 12.1. The summed E-state index contributed by atoms with van der Waals surface area (Å²) in [6.07, 6.45) is 3.33. The molecule has 0 aliphatic carbocycles. The number of amides is 1. The minimum Gasteiger partial charge on any atom is -0.497 e. The molecule has 1 aromatic rings. The Hall–Kier alpha value is -1.22. The lowest BCUT2D eigenvalue weighted by molar-refractivity contribution is -0.130. The molecule has 1 aliphatic heterocycles. The molecule has 4 heteroatoms. The summed E-state index contributed by atoms with van der Waals surface area (Å²) in [6, 6.07) is 8.16. The van der Waals surface area contributed by atoms with Gasteiger partial charge in [0.15, 0.2) is 0 Å². The highest BCUT2D eigenvalue weighted by molar-refractivity contribution is 6.30. The van der Waals surface area contributed by atoms with Crippen LogP contribution in [0.4, 0.5) is 0 Å². The highest BCUT2D eigenvalue weighted by Crippen LogP contribution is 2.28. The van der Waals surface area contributed by atoms with E-state index in [1.807, 2.05) is 17.0 Å². The number of rotatable bonds is 3. The molecule has 1 heterocycles. The van der Waals surface area contributed by atoms with E-state index < -0.39 is 5.38 Å². The van der Waals surface area contributed by atoms with Crippen LogP contribution in [0.5, 0.6) is 5.75 Å². The predicted molar refractivity (Wildman–Crippen MR) is 81.5 cm³/mol. The number of hydrogen-bond donors (Lipinski definition) is 0. The molecule has 3 nitrogen and oxygen atoms in total. The van der Waals surface area contributed by atoms with Gasteiger partial charge in [-0.15, -0.1) is 11.6 Å². The standard InChI is InChI=1S/C16H22ClNO2/c1-12(17)16(19)18-10-4-3-5-14(11-18)13-6-8-15(20-2)9-7-13/h6-9,12,14H,3-5,10-11H2,1-2H3. The van der Waals surface area contributed by atoms with Crippen LogP contribution in [0.1, 0.15) is 37.7 Å². The van der Waals surface area contributed by atoms with Gasteiger partial charge in [0, 0.05) is 19.0 Å². The third kappa shape index (κ3) is 3.66. The maximum absolute atomic E-state index is 12.1. The SMILES string of the molecule is COc1ccc(C2CCCCN(C(=O)C(C)Cl)C2)cc1. The van der Waals surface area contributed by atoms with Gasteiger partial charge in [-0.2, -0.15) is 0 Å². The van der Waals surface area contributed by atoms with Gasteiger partial charge in [0.1, 0.15) is 11.1 Å². The van der Waals surface area contributed by atoms with Gasteiger partial charge in [0.25, 0.3) is 0 Å². The van der Waals surface area contributed by atoms with Crippen LogP contribution in [-0.4, -0.2) is 36.4 Å². The fourth-order valence-corrected chi connectivity index (χ4v) is 2.88. The summed E-state index contributed by atoms with van der Waals surface area (Å²) in [5, 5.41) is -0.440. The molecule has 1 fully saturated rings. The molecule has 1 saturated heterocycles. The van der Waals surface area contributed by atoms with E-state index in [9.17, 15) is 4.79 Å². The monoisotopic (exact) mass is 295 g/mol. The number of hydrogen-bond acceptors (Lipinski definition) is 2. The summed E-state index contributed by atoms with van der Waals surface area (Å²) in [4.78, 5) is 14.0. The summed E-state index contributed by atoms with van der Waals surface area (Å²) in [7, 11) is 1.67. The van der Waals surface area contributed by atoms with Crippen molar-refractivity contribution in [2.24, 2.45) is 0 Å². The zero-order valence-electron chi connectivity index (χ0n) is 12.1. The molecular weight excluding hydrogens is 274 g/mol. The largest absolute Gasteiger partial charge is 0.497 e. The second kappa shape index (κ2) is 6.98. The van der Waals surface area contributed by atoms with Crippen molar-refractivity contribution in [3.8, 4) is 5.75 Å². The molecule has 2 unspecified atom stereocenters. The quantitative estimate of drug-likeness (QED) is 0.800. The second-order valence-corrected chi connectivity index (χ2v) is 6.02. The third-order valence-electron chi connectivity index (χ3n) is 3.91. The van der Waals surface area contributed by atoms with Crippen molar-refractivity contribution >= 4 is 17.5 Å². The highest BCUT2D eigenvalue weighted by atomic mass is 35.5. The van der Waals surface area contributed by atoms with E-state index in [0.29, 0.717) is 5.92 Å². The van der Waals surface area contributed by atoms with E-state index in [4.69, 9.17) is 16.3 Å². The first kappa shape index (κ1) is 15.2. The van der Waals surface area contributed by atoms with Crippen LogP contribution in [0.15, 0.2) is 24.3 Å². The molecule has 0 N–H and O–H groups in total. The van der Waals surface area contributed by atoms with Gasteiger partial charge in [-0.1, -0.05) is 18.6 Å². The van der Waals surface area contributed by atoms with Crippen LogP contribution in [0.2, 0.25) is 0 Å². The Bertz CT molecular complexity index is 444. The van der Waals surface area contributed by atoms with Gasteiger partial charge in [-0.25, -0.2) is 0 Å². The second-order valence-electron chi connectivity index (χ2n) is 5.37. The van der Waals surface area contributed by atoms with E-state index >= 15 is 0 Å². The smallest absolute Gasteiger partial charge is 0.240 e. The molecule has 1 aliphatic rings. The Balaban J connectivity index is 2.11. The predicted octanol–water partition coefficient (Wildman–Crippen LogP) is 3.42. The van der Waals surface area contributed by atoms with Crippen molar-refractivity contribution in [1.29, 1.82) is 0 Å². The number of carbonyl (C=O) groups excluding carboxylic acids is 1. The first-order chi connectivity index (χ1) is 9.61. The minimum absolute atomic E-state index is 0.0482. The van der Waals surface area contributed by atoms with Crippen molar-refractivity contribution in [3.63, 3.8) is 0 Å². The van der Waals surface area contributed by atoms with Gasteiger partial charge < -0.3 is 9.64 Å². The number of carbonyl (C=O) groups is 1. The molecule has 0 radical (unpaired) electrons. The summed E-state index contributed by atoms with van der Waals surface area (Å²) in [6.45, 7) is 3.34. The van der Waals surface area contributed by atoms with E-state index in [-0.39, 0.29) is 5.91 Å². The van der Waals surface area contributed by atoms with E-state index in [1.54, 1.807) is 14.0 Å². The Kier molecular flexibility index (Phi) is 5.30. The van der Waals surface area contributed by atoms with Gasteiger partial charge >= 0.3 is 0 Å². The highest BCUT2D eigenvalue weighted by Gasteiger charge is 2.25. The molecule has 1 amide bonds. The molecule has 0 aromatic heterocycles. The van der Waals surface area contributed by atoms with Crippen LogP contribution < -0.4 is 4.74 Å². The minimum atomic E-state index is -0.440. The first-order valence-corrected chi connectivity index (χ1v) is 7.62. The molecule has 110 valence electrons. The van der Waals surface area contributed by atoms with E-state index in [0.717, 1.165) is 38.1 Å². The zero-order chi connectivity index (χ0) is 14.5. The van der Waals surface area contributed by atoms with Gasteiger partial charge in [-0.3, -0.25) is 4.79 Å². The summed E-state index contributed by atoms with van der Waals surface area (Å²) in [5.41, 5.74) is 1.27. The van der Waals surface area contributed by atoms with Crippen molar-refractivity contribution < 1.29 is 9.53 Å². The summed E-state index contributed by atoms with van der Waals surface area (Å²) >= 11 is 5.94. The van der Waals surface area contributed by atoms with E-state index in [2.05, 4.69) is 12.1 Å². The third-order valence-corrected chi connectivity index (χ3v) is 4.10. The Morgan fingerprint density at radius 2 is 2.05 bits per heavy atom. The number of halogens is 1. The maximum Gasteiger partial charge on any atom is 0.240 e. The van der Waals surface area contributed by atoms with Gasteiger partial charge in [-0.05, 0) is 37.5 Å². The van der Waals surface area contributed by atoms with E-state index in [1.165, 1.54) is 5.56 Å². The average molecular weight is 296 g/mol. The lowest BCUT2D eigenvalue weighted by Crippen LogP contribution is -2.38. The average Bonchev–Trinajstić information content (AvgIpc) is 2.72. The summed E-state index contributed by atoms with van der Waals surface area (Å²) < 4.78 is 5.19. The molecule has 1 aromatic carbocycles. The molecule has 0 saturated carbocycles. The zero-order valence-corrected chi connectivity index (χ0v) is 12.9. The molecular formula is C16H22ClNO2. The van der Waals surface area contributed by atoms with Crippen LogP contribution in [0.3, 0.4) is 0 Å². The lowest BCUT2D eigenvalue weighted by Gasteiger charge is -2.26. The number of nitrogens with zero attached hydrogens (tertiary/aromatic N) is 1. The van der Waals surface area contributed by atoms with Gasteiger partial charge in [0.05, 0.1) is 7.11 Å². The van der Waals surface area contributed by atoms with Crippen molar-refractivity contribution in [2.45, 2.75) is 37.5 Å². The fourth-order valence-electron chi connectivity index (χ4n) is 2.74. The Labute approximate surface area is 125 Å². The Morgan fingerprint density at radius 3 is 2.65 bits per heavy atom. The number of ether oxygens (including phenoxy) is 1. The van der Waals surface area contributed by atoms with Gasteiger partial charge in [0.2, 0.25) is 5.91 Å². The molecule has 0 bridgehead atoms. The molecule has 2 rings (SSSR count). The summed E-state index contributed by atoms with van der Waals surface area (Å²) in [5.74, 6) is 1.31. The lowest BCUT2D eigenvalue weighted by atomic mass is 9.94. The van der Waals surface area contributed by atoms with Crippen LogP contribution in [0, 0.1) is 0 Å². The fraction of sp³-hybridized carbons (Fsp3) is 0.562. The topological polar surface area (TPSA) is 29.5 Å².